The Bertz CT molecular complexity index is 985. The highest BCUT2D eigenvalue weighted by atomic mass is 32.2. The minimum atomic E-state index is -3.60. The molecule has 0 radical (unpaired) electrons. The van der Waals surface area contributed by atoms with E-state index in [0.29, 0.717) is 48.9 Å². The van der Waals surface area contributed by atoms with Gasteiger partial charge in [0.2, 0.25) is 10.0 Å². The summed E-state index contributed by atoms with van der Waals surface area (Å²) in [6.45, 7) is 1.39. The standard InChI is InChI=1S/C21H25NO7S/c1-26-18-7-6-17(20(14-18)27-2)13-21(23)29-15-16-4-3-5-19(12-16)30(24,25)22-8-10-28-11-9-22/h3-7,12,14H,8-11,13,15H2,1-2H3. The van der Waals surface area contributed by atoms with Gasteiger partial charge in [-0.05, 0) is 23.8 Å². The molecule has 30 heavy (non-hydrogen) atoms. The zero-order chi connectivity index (χ0) is 21.6. The van der Waals surface area contributed by atoms with E-state index in [9.17, 15) is 13.2 Å². The van der Waals surface area contributed by atoms with Gasteiger partial charge in [0, 0.05) is 24.7 Å². The Balaban J connectivity index is 1.64. The second-order valence-electron chi connectivity index (χ2n) is 6.68. The van der Waals surface area contributed by atoms with Crippen molar-refractivity contribution >= 4 is 16.0 Å². The molecule has 1 heterocycles. The van der Waals surface area contributed by atoms with Crippen molar-refractivity contribution in [2.75, 3.05) is 40.5 Å². The van der Waals surface area contributed by atoms with E-state index in [4.69, 9.17) is 18.9 Å². The molecule has 0 saturated carbocycles. The second kappa shape index (κ2) is 9.92. The number of esters is 1. The van der Waals surface area contributed by atoms with Crippen LogP contribution in [0.1, 0.15) is 11.1 Å². The molecule has 1 aliphatic heterocycles. The number of methoxy groups -OCH3 is 2. The van der Waals surface area contributed by atoms with E-state index >= 15 is 0 Å². The maximum absolute atomic E-state index is 12.8. The van der Waals surface area contributed by atoms with Crippen LogP contribution >= 0.6 is 0 Å². The van der Waals surface area contributed by atoms with E-state index in [1.165, 1.54) is 17.5 Å². The summed E-state index contributed by atoms with van der Waals surface area (Å²) in [5.41, 5.74) is 1.27. The Labute approximate surface area is 176 Å². The van der Waals surface area contributed by atoms with E-state index in [0.717, 1.165) is 0 Å². The van der Waals surface area contributed by atoms with Gasteiger partial charge in [-0.3, -0.25) is 4.79 Å². The first kappa shape index (κ1) is 22.1. The molecule has 8 nitrogen and oxygen atoms in total. The zero-order valence-electron chi connectivity index (χ0n) is 17.0. The summed E-state index contributed by atoms with van der Waals surface area (Å²) in [5, 5.41) is 0. The monoisotopic (exact) mass is 435 g/mol. The van der Waals surface area contributed by atoms with Gasteiger partial charge in [0.05, 0.1) is 38.7 Å². The van der Waals surface area contributed by atoms with E-state index in [1.54, 1.807) is 43.5 Å². The number of sulfonamides is 1. The van der Waals surface area contributed by atoms with Gasteiger partial charge >= 0.3 is 5.97 Å². The molecular formula is C21H25NO7S. The van der Waals surface area contributed by atoms with Crippen LogP contribution in [-0.4, -0.2) is 59.2 Å². The Morgan fingerprint density at radius 1 is 1.07 bits per heavy atom. The summed E-state index contributed by atoms with van der Waals surface area (Å²) >= 11 is 0. The van der Waals surface area contributed by atoms with E-state index in [1.807, 2.05) is 0 Å². The van der Waals surface area contributed by atoms with Gasteiger partial charge in [-0.1, -0.05) is 18.2 Å². The number of carbonyl (C=O) groups is 1. The lowest BCUT2D eigenvalue weighted by molar-refractivity contribution is -0.144. The lowest BCUT2D eigenvalue weighted by Gasteiger charge is -2.26. The van der Waals surface area contributed by atoms with Crippen LogP contribution in [0.2, 0.25) is 0 Å². The molecule has 0 aliphatic carbocycles. The fourth-order valence-corrected chi connectivity index (χ4v) is 4.58. The molecule has 2 aromatic rings. The molecule has 1 fully saturated rings. The minimum Gasteiger partial charge on any atom is -0.497 e. The average molecular weight is 435 g/mol. The Morgan fingerprint density at radius 3 is 2.53 bits per heavy atom. The maximum Gasteiger partial charge on any atom is 0.310 e. The molecule has 0 aromatic heterocycles. The first-order chi connectivity index (χ1) is 14.4. The number of morpholine rings is 1. The van der Waals surface area contributed by atoms with Gasteiger partial charge in [0.25, 0.3) is 0 Å². The molecule has 0 N–H and O–H groups in total. The summed E-state index contributed by atoms with van der Waals surface area (Å²) in [5.74, 6) is 0.715. The van der Waals surface area contributed by atoms with Crippen molar-refractivity contribution in [1.29, 1.82) is 0 Å². The topological polar surface area (TPSA) is 91.4 Å². The smallest absolute Gasteiger partial charge is 0.310 e. The summed E-state index contributed by atoms with van der Waals surface area (Å²) in [7, 11) is -0.533. The molecule has 0 spiro atoms. The third kappa shape index (κ3) is 5.29. The highest BCUT2D eigenvalue weighted by Gasteiger charge is 2.26. The molecule has 0 atom stereocenters. The predicted octanol–water partition coefficient (Wildman–Crippen LogP) is 2.01. The molecule has 162 valence electrons. The number of hydrogen-bond donors (Lipinski definition) is 0. The van der Waals surface area contributed by atoms with Crippen LogP contribution in [0.4, 0.5) is 0 Å². The Hall–Kier alpha value is -2.62. The molecule has 0 amide bonds. The number of nitrogens with zero attached hydrogens (tertiary/aromatic N) is 1. The fourth-order valence-electron chi connectivity index (χ4n) is 3.10. The van der Waals surface area contributed by atoms with Gasteiger partial charge < -0.3 is 18.9 Å². The third-order valence-electron chi connectivity index (χ3n) is 4.74. The SMILES string of the molecule is COc1ccc(CC(=O)OCc2cccc(S(=O)(=O)N3CCOCC3)c2)c(OC)c1. The maximum atomic E-state index is 12.8. The minimum absolute atomic E-state index is 0.0240. The third-order valence-corrected chi connectivity index (χ3v) is 6.63. The van der Waals surface area contributed by atoms with Crippen molar-refractivity contribution in [2.24, 2.45) is 0 Å². The first-order valence-corrected chi connectivity index (χ1v) is 10.9. The summed E-state index contributed by atoms with van der Waals surface area (Å²) in [6.07, 6.45) is 0.0267. The van der Waals surface area contributed by atoms with Crippen LogP contribution in [0.3, 0.4) is 0 Å². The van der Waals surface area contributed by atoms with E-state index < -0.39 is 16.0 Å². The van der Waals surface area contributed by atoms with Crippen LogP contribution in [0.5, 0.6) is 11.5 Å². The molecule has 0 bridgehead atoms. The number of carbonyl (C=O) groups excluding carboxylic acids is 1. The molecule has 0 unspecified atom stereocenters. The number of rotatable bonds is 8. The average Bonchev–Trinajstić information content (AvgIpc) is 2.78. The number of ether oxygens (including phenoxy) is 4. The highest BCUT2D eigenvalue weighted by molar-refractivity contribution is 7.89. The van der Waals surface area contributed by atoms with E-state index in [-0.39, 0.29) is 17.9 Å². The lowest BCUT2D eigenvalue weighted by Crippen LogP contribution is -2.40. The Morgan fingerprint density at radius 2 is 1.83 bits per heavy atom. The van der Waals surface area contributed by atoms with E-state index in [2.05, 4.69) is 0 Å². The van der Waals surface area contributed by atoms with Crippen molar-refractivity contribution in [3.8, 4) is 11.5 Å². The van der Waals surface area contributed by atoms with Crippen LogP contribution < -0.4 is 9.47 Å². The normalized spacial score (nSPS) is 14.9. The van der Waals surface area contributed by atoms with Crippen LogP contribution in [0, 0.1) is 0 Å². The first-order valence-electron chi connectivity index (χ1n) is 9.47. The van der Waals surface area contributed by atoms with Crippen molar-refractivity contribution in [3.63, 3.8) is 0 Å². The summed E-state index contributed by atoms with van der Waals surface area (Å²) in [6, 6.07) is 11.6. The summed E-state index contributed by atoms with van der Waals surface area (Å²) in [4.78, 5) is 12.5. The fraction of sp³-hybridized carbons (Fsp3) is 0.381. The quantitative estimate of drug-likeness (QED) is 0.586. The van der Waals surface area contributed by atoms with Crippen molar-refractivity contribution < 1.29 is 32.2 Å². The molecule has 1 aliphatic rings. The van der Waals surface area contributed by atoms with Gasteiger partial charge in [-0.25, -0.2) is 8.42 Å². The van der Waals surface area contributed by atoms with Crippen molar-refractivity contribution in [3.05, 3.63) is 53.6 Å². The highest BCUT2D eigenvalue weighted by Crippen LogP contribution is 2.25. The van der Waals surface area contributed by atoms with Gasteiger partial charge in [0.1, 0.15) is 18.1 Å². The predicted molar refractivity (Wildman–Crippen MR) is 109 cm³/mol. The van der Waals surface area contributed by atoms with Gasteiger partial charge in [-0.2, -0.15) is 4.31 Å². The Kier molecular flexibility index (Phi) is 7.30. The number of hydrogen-bond acceptors (Lipinski definition) is 7. The molecule has 2 aromatic carbocycles. The largest absolute Gasteiger partial charge is 0.497 e. The molecule has 3 rings (SSSR count). The van der Waals surface area contributed by atoms with Crippen LogP contribution in [0.15, 0.2) is 47.4 Å². The van der Waals surface area contributed by atoms with Crippen LogP contribution in [-0.2, 0) is 37.3 Å². The van der Waals surface area contributed by atoms with Crippen LogP contribution in [0.25, 0.3) is 0 Å². The zero-order valence-corrected chi connectivity index (χ0v) is 17.8. The van der Waals surface area contributed by atoms with Gasteiger partial charge in [-0.15, -0.1) is 0 Å². The summed E-state index contributed by atoms with van der Waals surface area (Å²) < 4.78 is 48.0. The molecule has 9 heteroatoms. The second-order valence-corrected chi connectivity index (χ2v) is 8.62. The number of benzene rings is 2. The molecule has 1 saturated heterocycles. The van der Waals surface area contributed by atoms with Crippen molar-refractivity contribution in [1.82, 2.24) is 4.31 Å². The lowest BCUT2D eigenvalue weighted by atomic mass is 10.1. The van der Waals surface area contributed by atoms with Gasteiger partial charge in [0.15, 0.2) is 0 Å². The van der Waals surface area contributed by atoms with Crippen molar-refractivity contribution in [2.45, 2.75) is 17.9 Å². The molecular weight excluding hydrogens is 410 g/mol.